The third-order valence-electron chi connectivity index (χ3n) is 6.65. The van der Waals surface area contributed by atoms with E-state index in [1.54, 1.807) is 24.3 Å². The lowest BCUT2D eigenvalue weighted by Crippen LogP contribution is -2.34. The second-order valence-corrected chi connectivity index (χ2v) is 11.1. The van der Waals surface area contributed by atoms with Gasteiger partial charge in [0.2, 0.25) is 5.12 Å². The third-order valence-corrected chi connectivity index (χ3v) is 7.40. The van der Waals surface area contributed by atoms with E-state index in [1.807, 2.05) is 13.0 Å². The lowest BCUT2D eigenvalue weighted by molar-refractivity contribution is -0.131. The van der Waals surface area contributed by atoms with Crippen LogP contribution < -0.4 is 9.64 Å². The van der Waals surface area contributed by atoms with E-state index in [2.05, 4.69) is 39.8 Å². The number of carbonyl (C=O) groups is 3. The zero-order valence-corrected chi connectivity index (χ0v) is 20.8. The molecule has 5 nitrogen and oxygen atoms in total. The van der Waals surface area contributed by atoms with Gasteiger partial charge in [-0.05, 0) is 77.1 Å². The molecule has 0 aromatic heterocycles. The van der Waals surface area contributed by atoms with Gasteiger partial charge in [-0.15, -0.1) is 0 Å². The molecule has 4 rings (SSSR count). The van der Waals surface area contributed by atoms with Crippen molar-refractivity contribution in [1.82, 2.24) is 0 Å². The van der Waals surface area contributed by atoms with E-state index >= 15 is 0 Å². The highest BCUT2D eigenvalue weighted by Gasteiger charge is 2.41. The Morgan fingerprint density at radius 2 is 1.67 bits per heavy atom. The van der Waals surface area contributed by atoms with Gasteiger partial charge < -0.3 is 4.74 Å². The molecule has 1 fully saturated rings. The molecule has 2 aromatic carbocycles. The molecule has 2 aromatic rings. The normalized spacial score (nSPS) is 20.2. The molecule has 0 atom stereocenters. The van der Waals surface area contributed by atoms with Crippen molar-refractivity contribution in [2.75, 3.05) is 4.90 Å². The highest BCUT2D eigenvalue weighted by molar-refractivity contribution is 8.27. The van der Waals surface area contributed by atoms with Gasteiger partial charge in [0.05, 0.1) is 5.69 Å². The van der Waals surface area contributed by atoms with Crippen molar-refractivity contribution >= 4 is 39.8 Å². The lowest BCUT2D eigenvalue weighted by atomic mass is 9.63. The van der Waals surface area contributed by atoms with Gasteiger partial charge in [0.25, 0.3) is 5.24 Å². The molecule has 6 heteroatoms. The first kappa shape index (κ1) is 23.3. The van der Waals surface area contributed by atoms with Gasteiger partial charge in [0.15, 0.2) is 0 Å². The Kier molecular flexibility index (Phi) is 5.77. The van der Waals surface area contributed by atoms with E-state index in [0.29, 0.717) is 28.8 Å². The number of carbonyl (C=O) groups excluding carboxylic acids is 3. The number of thioether (sulfide) groups is 1. The van der Waals surface area contributed by atoms with Gasteiger partial charge in [0, 0.05) is 18.7 Å². The topological polar surface area (TPSA) is 63.7 Å². The first-order valence-electron chi connectivity index (χ1n) is 11.1. The van der Waals surface area contributed by atoms with Crippen LogP contribution in [-0.4, -0.2) is 16.3 Å². The molecular weight excluding hydrogens is 434 g/mol. The monoisotopic (exact) mass is 463 g/mol. The van der Waals surface area contributed by atoms with Gasteiger partial charge in [-0.3, -0.25) is 19.3 Å². The van der Waals surface area contributed by atoms with Crippen molar-refractivity contribution in [1.29, 1.82) is 0 Å². The number of hydrogen-bond donors (Lipinski definition) is 0. The summed E-state index contributed by atoms with van der Waals surface area (Å²) in [6.07, 6.45) is 3.84. The second kappa shape index (κ2) is 8.17. The van der Waals surface area contributed by atoms with Crippen LogP contribution in [0.5, 0.6) is 5.75 Å². The van der Waals surface area contributed by atoms with E-state index in [0.717, 1.165) is 24.1 Å². The van der Waals surface area contributed by atoms with E-state index in [4.69, 9.17) is 4.74 Å². The van der Waals surface area contributed by atoms with Crippen LogP contribution in [0, 0.1) is 6.92 Å². The van der Waals surface area contributed by atoms with E-state index in [9.17, 15) is 14.4 Å². The average molecular weight is 464 g/mol. The Hall–Kier alpha value is -2.86. The van der Waals surface area contributed by atoms with Gasteiger partial charge in [-0.25, -0.2) is 0 Å². The van der Waals surface area contributed by atoms with Crippen molar-refractivity contribution in [2.45, 2.75) is 65.2 Å². The van der Waals surface area contributed by atoms with Gasteiger partial charge in [0.1, 0.15) is 11.4 Å². The van der Waals surface area contributed by atoms with Crippen LogP contribution >= 0.6 is 11.8 Å². The first-order chi connectivity index (χ1) is 15.4. The standard InChI is InChI=1S/C27H29NO4S/c1-16-12-20-21(27(5,6)11-10-26(20,3)4)15-22(16)28-23(24(30)33-25(28)31)14-18-8-7-9-19(13-18)32-17(2)29/h7-9,12-15H,10-11H2,1-6H3. The third kappa shape index (κ3) is 4.36. The molecule has 1 heterocycles. The maximum Gasteiger partial charge on any atom is 0.308 e. The molecule has 2 aliphatic rings. The Balaban J connectivity index is 1.83. The predicted octanol–water partition coefficient (Wildman–Crippen LogP) is 6.51. The number of nitrogens with zero attached hydrogens (tertiary/aromatic N) is 1. The van der Waals surface area contributed by atoms with Crippen molar-refractivity contribution in [3.05, 3.63) is 64.3 Å². The summed E-state index contributed by atoms with van der Waals surface area (Å²) >= 11 is 0.706. The summed E-state index contributed by atoms with van der Waals surface area (Å²) in [5.74, 6) is -0.0268. The molecule has 0 radical (unpaired) electrons. The van der Waals surface area contributed by atoms with Gasteiger partial charge >= 0.3 is 5.97 Å². The molecule has 0 spiro atoms. The Labute approximate surface area is 199 Å². The number of aryl methyl sites for hydroxylation is 1. The molecule has 1 aliphatic heterocycles. The zero-order chi connectivity index (χ0) is 24.1. The molecule has 1 amide bonds. The summed E-state index contributed by atoms with van der Waals surface area (Å²) in [7, 11) is 0. The zero-order valence-electron chi connectivity index (χ0n) is 19.9. The summed E-state index contributed by atoms with van der Waals surface area (Å²) in [6.45, 7) is 12.3. The SMILES string of the molecule is CC(=O)Oc1cccc(C=C2C(=O)SC(=O)N2c2cc3c(cc2C)C(C)(C)CCC3(C)C)c1. The largest absolute Gasteiger partial charge is 0.427 e. The fraction of sp³-hybridized carbons (Fsp3) is 0.370. The minimum atomic E-state index is -0.417. The number of anilines is 1. The van der Waals surface area contributed by atoms with Crippen LogP contribution in [0.1, 0.15) is 69.7 Å². The van der Waals surface area contributed by atoms with Crippen LogP contribution in [-0.2, 0) is 20.4 Å². The molecule has 0 bridgehead atoms. The minimum absolute atomic E-state index is 0.0184. The van der Waals surface area contributed by atoms with E-state index in [-0.39, 0.29) is 21.2 Å². The molecule has 0 N–H and O–H groups in total. The number of amides is 1. The van der Waals surface area contributed by atoms with E-state index < -0.39 is 5.97 Å². The van der Waals surface area contributed by atoms with Crippen LogP contribution in [0.4, 0.5) is 10.5 Å². The van der Waals surface area contributed by atoms with Crippen LogP contribution in [0.15, 0.2) is 42.1 Å². The molecule has 172 valence electrons. The Morgan fingerprint density at radius 1 is 1.03 bits per heavy atom. The Bertz CT molecular complexity index is 1210. The minimum Gasteiger partial charge on any atom is -0.427 e. The summed E-state index contributed by atoms with van der Waals surface area (Å²) in [5.41, 5.74) is 5.26. The number of esters is 1. The summed E-state index contributed by atoms with van der Waals surface area (Å²) in [6, 6.07) is 11.2. The molecule has 0 saturated carbocycles. The highest BCUT2D eigenvalue weighted by atomic mass is 32.2. The van der Waals surface area contributed by atoms with Crippen LogP contribution in [0.3, 0.4) is 0 Å². The van der Waals surface area contributed by atoms with E-state index in [1.165, 1.54) is 23.0 Å². The summed E-state index contributed by atoms with van der Waals surface area (Å²) < 4.78 is 5.16. The quantitative estimate of drug-likeness (QED) is 0.295. The van der Waals surface area contributed by atoms with Crippen LogP contribution in [0.2, 0.25) is 0 Å². The number of benzene rings is 2. The fourth-order valence-electron chi connectivity index (χ4n) is 4.66. The number of hydrogen-bond acceptors (Lipinski definition) is 5. The van der Waals surface area contributed by atoms with Gasteiger partial charge in [-0.2, -0.15) is 0 Å². The maximum atomic E-state index is 13.0. The van der Waals surface area contributed by atoms with Crippen molar-refractivity contribution in [2.24, 2.45) is 0 Å². The molecule has 33 heavy (non-hydrogen) atoms. The highest BCUT2D eigenvalue weighted by Crippen LogP contribution is 2.49. The van der Waals surface area contributed by atoms with Crippen molar-refractivity contribution in [3.63, 3.8) is 0 Å². The molecule has 1 saturated heterocycles. The van der Waals surface area contributed by atoms with Crippen molar-refractivity contribution < 1.29 is 19.1 Å². The fourth-order valence-corrected chi connectivity index (χ4v) is 5.36. The average Bonchev–Trinajstić information content (AvgIpc) is 2.98. The Morgan fingerprint density at radius 3 is 2.30 bits per heavy atom. The summed E-state index contributed by atoms with van der Waals surface area (Å²) in [5, 5.41) is -0.604. The summed E-state index contributed by atoms with van der Waals surface area (Å²) in [4.78, 5) is 38.6. The van der Waals surface area contributed by atoms with Crippen LogP contribution in [0.25, 0.3) is 6.08 Å². The molecule has 0 unspecified atom stereocenters. The first-order valence-corrected chi connectivity index (χ1v) is 11.9. The lowest BCUT2D eigenvalue weighted by Gasteiger charge is -2.42. The predicted molar refractivity (Wildman–Crippen MR) is 133 cm³/mol. The number of fused-ring (bicyclic) bond motifs is 1. The maximum absolute atomic E-state index is 13.0. The smallest absolute Gasteiger partial charge is 0.308 e. The second-order valence-electron chi connectivity index (χ2n) is 10.1. The van der Waals surface area contributed by atoms with Crippen molar-refractivity contribution in [3.8, 4) is 5.75 Å². The molecular formula is C27H29NO4S. The number of rotatable bonds is 3. The molecule has 1 aliphatic carbocycles. The van der Waals surface area contributed by atoms with Gasteiger partial charge in [-0.1, -0.05) is 45.9 Å². The number of ether oxygens (including phenoxy) is 1.